The molecule has 4 nitrogen and oxygen atoms in total. The number of rotatable bonds is 7. The minimum Gasteiger partial charge on any atom is -0.340 e. The summed E-state index contributed by atoms with van der Waals surface area (Å²) in [5.41, 5.74) is 6.81. The molecule has 1 aliphatic heterocycles. The van der Waals surface area contributed by atoms with Gasteiger partial charge in [-0.2, -0.15) is 0 Å². The third-order valence-corrected chi connectivity index (χ3v) is 4.07. The van der Waals surface area contributed by atoms with Crippen molar-refractivity contribution in [1.82, 2.24) is 9.80 Å². The van der Waals surface area contributed by atoms with Crippen molar-refractivity contribution >= 4 is 5.91 Å². The Morgan fingerprint density at radius 1 is 1.00 bits per heavy atom. The Balaban J connectivity index is 1.67. The molecule has 2 rings (SSSR count). The first-order chi connectivity index (χ1) is 10.3. The first kappa shape index (κ1) is 16.0. The molecule has 1 fully saturated rings. The van der Waals surface area contributed by atoms with Crippen molar-refractivity contribution in [3.8, 4) is 0 Å². The van der Waals surface area contributed by atoms with Crippen molar-refractivity contribution < 1.29 is 4.79 Å². The van der Waals surface area contributed by atoms with Crippen LogP contribution < -0.4 is 5.73 Å². The van der Waals surface area contributed by atoms with Gasteiger partial charge in [0.15, 0.2) is 0 Å². The van der Waals surface area contributed by atoms with Gasteiger partial charge in [0.25, 0.3) is 0 Å². The number of hydrogen-bond acceptors (Lipinski definition) is 3. The van der Waals surface area contributed by atoms with Gasteiger partial charge in [0.05, 0.1) is 0 Å². The van der Waals surface area contributed by atoms with Crippen molar-refractivity contribution in [3.63, 3.8) is 0 Å². The van der Waals surface area contributed by atoms with Crippen LogP contribution in [0.25, 0.3) is 0 Å². The van der Waals surface area contributed by atoms with Crippen LogP contribution in [0.2, 0.25) is 0 Å². The van der Waals surface area contributed by atoms with Gasteiger partial charge in [0, 0.05) is 39.1 Å². The number of piperazine rings is 1. The summed E-state index contributed by atoms with van der Waals surface area (Å²) in [7, 11) is 0. The van der Waals surface area contributed by atoms with E-state index in [1.54, 1.807) is 0 Å². The smallest absolute Gasteiger partial charge is 0.222 e. The summed E-state index contributed by atoms with van der Waals surface area (Å²) in [5.74, 6) is 0.311. The van der Waals surface area contributed by atoms with Crippen LogP contribution in [0.1, 0.15) is 31.2 Å². The second-order valence-electron chi connectivity index (χ2n) is 5.74. The number of amides is 1. The van der Waals surface area contributed by atoms with Crippen LogP contribution in [0, 0.1) is 0 Å². The Labute approximate surface area is 127 Å². The molecular formula is C17H27N3O. The fraction of sp³-hybridized carbons (Fsp3) is 0.588. The molecule has 0 unspecified atom stereocenters. The molecular weight excluding hydrogens is 262 g/mol. The van der Waals surface area contributed by atoms with E-state index in [-0.39, 0.29) is 0 Å². The van der Waals surface area contributed by atoms with E-state index >= 15 is 0 Å². The molecule has 0 spiro atoms. The van der Waals surface area contributed by atoms with Gasteiger partial charge < -0.3 is 10.6 Å². The summed E-state index contributed by atoms with van der Waals surface area (Å²) < 4.78 is 0. The fourth-order valence-corrected chi connectivity index (χ4v) is 2.75. The monoisotopic (exact) mass is 289 g/mol. The van der Waals surface area contributed by atoms with Crippen molar-refractivity contribution in [3.05, 3.63) is 35.9 Å². The maximum atomic E-state index is 12.1. The van der Waals surface area contributed by atoms with Gasteiger partial charge in [-0.05, 0) is 24.9 Å². The minimum atomic E-state index is 0.311. The highest BCUT2D eigenvalue weighted by Gasteiger charge is 2.20. The van der Waals surface area contributed by atoms with Gasteiger partial charge in [-0.1, -0.05) is 36.8 Å². The lowest BCUT2D eigenvalue weighted by Crippen LogP contribution is -2.48. The second kappa shape index (κ2) is 8.80. The number of nitrogens with zero attached hydrogens (tertiary/aromatic N) is 2. The van der Waals surface area contributed by atoms with Crippen LogP contribution in [0.4, 0.5) is 0 Å². The largest absolute Gasteiger partial charge is 0.340 e. The molecule has 1 aromatic rings. The molecule has 1 amide bonds. The van der Waals surface area contributed by atoms with Gasteiger partial charge >= 0.3 is 0 Å². The van der Waals surface area contributed by atoms with Crippen LogP contribution in [0.5, 0.6) is 0 Å². The van der Waals surface area contributed by atoms with Gasteiger partial charge in [-0.3, -0.25) is 9.69 Å². The molecule has 4 heteroatoms. The molecule has 1 aromatic carbocycles. The highest BCUT2D eigenvalue weighted by Crippen LogP contribution is 2.10. The molecule has 0 aromatic heterocycles. The lowest BCUT2D eigenvalue weighted by Gasteiger charge is -2.34. The number of unbranched alkanes of at least 4 members (excludes halogenated alkanes) is 2. The molecule has 0 saturated carbocycles. The predicted octanol–water partition coefficient (Wildman–Crippen LogP) is 1.85. The Kier molecular flexibility index (Phi) is 6.70. The average molecular weight is 289 g/mol. The first-order valence-electron chi connectivity index (χ1n) is 8.03. The number of nitrogens with two attached hydrogens (primary N) is 1. The summed E-state index contributed by atoms with van der Waals surface area (Å²) in [6, 6.07) is 10.5. The molecule has 1 heterocycles. The van der Waals surface area contributed by atoms with E-state index in [0.717, 1.165) is 58.5 Å². The SMILES string of the molecule is NCCCCCC(=O)N1CCN(Cc2ccccc2)CC1. The Morgan fingerprint density at radius 3 is 2.38 bits per heavy atom. The van der Waals surface area contributed by atoms with Crippen molar-refractivity contribution in [2.24, 2.45) is 5.73 Å². The number of carbonyl (C=O) groups is 1. The van der Waals surface area contributed by atoms with E-state index in [1.165, 1.54) is 5.56 Å². The lowest BCUT2D eigenvalue weighted by atomic mass is 10.1. The molecule has 21 heavy (non-hydrogen) atoms. The van der Waals surface area contributed by atoms with Crippen molar-refractivity contribution in [1.29, 1.82) is 0 Å². The number of hydrogen-bond donors (Lipinski definition) is 1. The Hall–Kier alpha value is -1.39. The van der Waals surface area contributed by atoms with Crippen LogP contribution in [-0.4, -0.2) is 48.4 Å². The molecule has 0 aliphatic carbocycles. The Morgan fingerprint density at radius 2 is 1.71 bits per heavy atom. The second-order valence-corrected chi connectivity index (χ2v) is 5.74. The number of benzene rings is 1. The minimum absolute atomic E-state index is 0.311. The van der Waals surface area contributed by atoms with Gasteiger partial charge in [-0.25, -0.2) is 0 Å². The van der Waals surface area contributed by atoms with E-state index in [2.05, 4.69) is 29.2 Å². The fourth-order valence-electron chi connectivity index (χ4n) is 2.75. The normalized spacial score (nSPS) is 16.1. The topological polar surface area (TPSA) is 49.6 Å². The van der Waals surface area contributed by atoms with Crippen LogP contribution in [0.15, 0.2) is 30.3 Å². The summed E-state index contributed by atoms with van der Waals surface area (Å²) in [5, 5.41) is 0. The molecule has 0 bridgehead atoms. The third kappa shape index (κ3) is 5.48. The van der Waals surface area contributed by atoms with Crippen LogP contribution in [0.3, 0.4) is 0 Å². The molecule has 2 N–H and O–H groups in total. The zero-order valence-corrected chi connectivity index (χ0v) is 12.8. The van der Waals surface area contributed by atoms with Crippen LogP contribution >= 0.6 is 0 Å². The maximum absolute atomic E-state index is 12.1. The Bertz CT molecular complexity index is 413. The van der Waals surface area contributed by atoms with Crippen LogP contribution in [-0.2, 0) is 11.3 Å². The van der Waals surface area contributed by atoms with Gasteiger partial charge in [-0.15, -0.1) is 0 Å². The predicted molar refractivity (Wildman–Crippen MR) is 85.8 cm³/mol. The standard InChI is InChI=1S/C17H27N3O/c18-10-6-2-5-9-17(21)20-13-11-19(12-14-20)15-16-7-3-1-4-8-16/h1,3-4,7-8H,2,5-6,9-15,18H2. The zero-order chi connectivity index (χ0) is 14.9. The highest BCUT2D eigenvalue weighted by atomic mass is 16.2. The molecule has 116 valence electrons. The average Bonchev–Trinajstić information content (AvgIpc) is 2.53. The highest BCUT2D eigenvalue weighted by molar-refractivity contribution is 5.76. The van der Waals surface area contributed by atoms with Gasteiger partial charge in [0.2, 0.25) is 5.91 Å². The maximum Gasteiger partial charge on any atom is 0.222 e. The van der Waals surface area contributed by atoms with E-state index in [1.807, 2.05) is 11.0 Å². The summed E-state index contributed by atoms with van der Waals surface area (Å²) in [4.78, 5) is 16.5. The van der Waals surface area contributed by atoms with Crippen molar-refractivity contribution in [2.75, 3.05) is 32.7 Å². The third-order valence-electron chi connectivity index (χ3n) is 4.07. The lowest BCUT2D eigenvalue weighted by molar-refractivity contribution is -0.133. The first-order valence-corrected chi connectivity index (χ1v) is 8.03. The quantitative estimate of drug-likeness (QED) is 0.779. The summed E-state index contributed by atoms with van der Waals surface area (Å²) >= 11 is 0. The molecule has 0 radical (unpaired) electrons. The van der Waals surface area contributed by atoms with E-state index in [0.29, 0.717) is 12.3 Å². The summed E-state index contributed by atoms with van der Waals surface area (Å²) in [6.07, 6.45) is 3.74. The van der Waals surface area contributed by atoms with Crippen molar-refractivity contribution in [2.45, 2.75) is 32.2 Å². The molecule has 0 atom stereocenters. The zero-order valence-electron chi connectivity index (χ0n) is 12.8. The van der Waals surface area contributed by atoms with E-state index < -0.39 is 0 Å². The summed E-state index contributed by atoms with van der Waals surface area (Å²) in [6.45, 7) is 5.39. The molecule has 1 aliphatic rings. The number of carbonyl (C=O) groups excluding carboxylic acids is 1. The van der Waals surface area contributed by atoms with E-state index in [9.17, 15) is 4.79 Å². The van der Waals surface area contributed by atoms with E-state index in [4.69, 9.17) is 5.73 Å². The molecule has 1 saturated heterocycles. The van der Waals surface area contributed by atoms with Gasteiger partial charge in [0.1, 0.15) is 0 Å².